The maximum absolute atomic E-state index is 10.7. The standard InChI is InChI=1S/C19H33IO12/c1-5-8(21)11(24)14(17(20)28-5)31-19-16(13(26)10(23)7(3)30-19)32-18-15(27-4)12(25)9(22)6(2)29-18/h5-19,21-26H,1-4H3/t5?,6?,7?,8?,9?,10?,11?,12?,13?,14?,15?,16?,17-,18?,19?/m1/s1. The van der Waals surface area contributed by atoms with Gasteiger partial charge in [0.25, 0.3) is 0 Å². The largest absolute Gasteiger partial charge is 0.388 e. The molecule has 12 nitrogen and oxygen atoms in total. The van der Waals surface area contributed by atoms with E-state index in [-0.39, 0.29) is 0 Å². The van der Waals surface area contributed by atoms with Gasteiger partial charge in [-0.05, 0) is 43.4 Å². The Balaban J connectivity index is 1.81. The van der Waals surface area contributed by atoms with Gasteiger partial charge in [-0.1, -0.05) is 0 Å². The van der Waals surface area contributed by atoms with E-state index in [1.165, 1.54) is 21.0 Å². The van der Waals surface area contributed by atoms with Crippen LogP contribution in [-0.4, -0.2) is 128 Å². The third kappa shape index (κ3) is 5.24. The number of alkyl halides is 1. The first-order chi connectivity index (χ1) is 15.0. The van der Waals surface area contributed by atoms with Crippen molar-refractivity contribution < 1.29 is 59.1 Å². The molecule has 3 aliphatic rings. The quantitative estimate of drug-likeness (QED) is 0.151. The first-order valence-corrected chi connectivity index (χ1v) is 11.7. The number of halogens is 1. The molecule has 3 rings (SSSR count). The summed E-state index contributed by atoms with van der Waals surface area (Å²) in [5, 5.41) is 62.1. The van der Waals surface area contributed by atoms with Crippen molar-refractivity contribution in [2.24, 2.45) is 0 Å². The van der Waals surface area contributed by atoms with Gasteiger partial charge in [0, 0.05) is 7.11 Å². The van der Waals surface area contributed by atoms with E-state index in [0.29, 0.717) is 0 Å². The molecule has 0 aromatic heterocycles. The summed E-state index contributed by atoms with van der Waals surface area (Å²) >= 11 is 1.92. The highest BCUT2D eigenvalue weighted by Gasteiger charge is 2.52. The van der Waals surface area contributed by atoms with Gasteiger partial charge in [0.05, 0.1) is 18.3 Å². The Hall–Kier alpha value is 0.250. The molecule has 3 fully saturated rings. The van der Waals surface area contributed by atoms with E-state index in [1.807, 2.05) is 22.6 Å². The zero-order valence-electron chi connectivity index (χ0n) is 18.2. The van der Waals surface area contributed by atoms with Crippen LogP contribution in [0.3, 0.4) is 0 Å². The van der Waals surface area contributed by atoms with Gasteiger partial charge >= 0.3 is 0 Å². The van der Waals surface area contributed by atoms with Crippen LogP contribution in [0.1, 0.15) is 20.8 Å². The summed E-state index contributed by atoms with van der Waals surface area (Å²) in [6, 6.07) is 0. The predicted molar refractivity (Wildman–Crippen MR) is 114 cm³/mol. The molecule has 32 heavy (non-hydrogen) atoms. The van der Waals surface area contributed by atoms with Gasteiger partial charge in [-0.15, -0.1) is 0 Å². The minimum atomic E-state index is -1.48. The molecule has 0 bridgehead atoms. The highest BCUT2D eigenvalue weighted by atomic mass is 127. The normalized spacial score (nSPS) is 55.0. The lowest BCUT2D eigenvalue weighted by Crippen LogP contribution is -2.65. The summed E-state index contributed by atoms with van der Waals surface area (Å²) in [5.41, 5.74) is 0. The highest BCUT2D eigenvalue weighted by molar-refractivity contribution is 14.1. The van der Waals surface area contributed by atoms with Crippen LogP contribution >= 0.6 is 22.6 Å². The smallest absolute Gasteiger partial charge is 0.187 e. The van der Waals surface area contributed by atoms with Crippen molar-refractivity contribution in [3.63, 3.8) is 0 Å². The Bertz CT molecular complexity index is 615. The Labute approximate surface area is 199 Å². The molecule has 0 aromatic rings. The molecule has 14 unspecified atom stereocenters. The number of rotatable bonds is 5. The Kier molecular flexibility index (Phi) is 9.13. The van der Waals surface area contributed by atoms with E-state index < -0.39 is 89.9 Å². The van der Waals surface area contributed by atoms with Gasteiger partial charge in [-0.2, -0.15) is 0 Å². The van der Waals surface area contributed by atoms with Crippen LogP contribution in [0, 0.1) is 0 Å². The zero-order chi connectivity index (χ0) is 23.9. The molecule has 0 aliphatic carbocycles. The van der Waals surface area contributed by atoms with E-state index in [9.17, 15) is 30.6 Å². The molecule has 0 amide bonds. The summed E-state index contributed by atoms with van der Waals surface area (Å²) in [6.45, 7) is 4.69. The van der Waals surface area contributed by atoms with Crippen LogP contribution in [0.4, 0.5) is 0 Å². The molecule has 0 spiro atoms. The third-order valence-corrected chi connectivity index (χ3v) is 7.20. The van der Waals surface area contributed by atoms with Crippen LogP contribution in [0.5, 0.6) is 0 Å². The maximum atomic E-state index is 10.7. The minimum Gasteiger partial charge on any atom is -0.388 e. The summed E-state index contributed by atoms with van der Waals surface area (Å²) in [4.78, 5) is 0. The molecule has 188 valence electrons. The van der Waals surface area contributed by atoms with Crippen molar-refractivity contribution in [3.05, 3.63) is 0 Å². The van der Waals surface area contributed by atoms with Crippen molar-refractivity contribution in [2.45, 2.75) is 111 Å². The third-order valence-electron chi connectivity index (χ3n) is 6.19. The monoisotopic (exact) mass is 580 g/mol. The predicted octanol–water partition coefficient (Wildman–Crippen LogP) is -2.39. The molecule has 0 aromatic carbocycles. The molecule has 3 saturated heterocycles. The summed E-state index contributed by atoms with van der Waals surface area (Å²) < 4.78 is 33.3. The van der Waals surface area contributed by atoms with Crippen molar-refractivity contribution in [3.8, 4) is 0 Å². The van der Waals surface area contributed by atoms with Crippen LogP contribution in [-0.2, 0) is 28.4 Å². The number of methoxy groups -OCH3 is 1. The highest BCUT2D eigenvalue weighted by Crippen LogP contribution is 2.34. The van der Waals surface area contributed by atoms with E-state index >= 15 is 0 Å². The molecule has 3 aliphatic heterocycles. The first-order valence-electron chi connectivity index (χ1n) is 10.5. The fourth-order valence-corrected chi connectivity index (χ4v) is 5.12. The van der Waals surface area contributed by atoms with Gasteiger partial charge in [0.1, 0.15) is 59.0 Å². The number of aliphatic hydroxyl groups excluding tert-OH is 6. The molecule has 13 heteroatoms. The summed E-state index contributed by atoms with van der Waals surface area (Å²) in [5.74, 6) is 0. The fraction of sp³-hybridized carbons (Fsp3) is 1.00. The lowest BCUT2D eigenvalue weighted by molar-refractivity contribution is -0.375. The van der Waals surface area contributed by atoms with Crippen molar-refractivity contribution in [1.82, 2.24) is 0 Å². The van der Waals surface area contributed by atoms with Crippen LogP contribution in [0.25, 0.3) is 0 Å². The van der Waals surface area contributed by atoms with Gasteiger partial charge in [0.15, 0.2) is 12.6 Å². The minimum absolute atomic E-state index is 0.620. The Morgan fingerprint density at radius 1 is 0.562 bits per heavy atom. The second kappa shape index (κ2) is 10.9. The first kappa shape index (κ1) is 26.8. The number of aliphatic hydroxyl groups is 6. The zero-order valence-corrected chi connectivity index (χ0v) is 20.3. The number of hydrogen-bond donors (Lipinski definition) is 6. The van der Waals surface area contributed by atoms with Gasteiger partial charge in [-0.3, -0.25) is 0 Å². The van der Waals surface area contributed by atoms with Crippen molar-refractivity contribution in [1.29, 1.82) is 0 Å². The summed E-state index contributed by atoms with van der Waals surface area (Å²) in [7, 11) is 1.30. The molecule has 15 atom stereocenters. The van der Waals surface area contributed by atoms with Gasteiger partial charge < -0.3 is 59.1 Å². The second-order valence-corrected chi connectivity index (χ2v) is 9.68. The molecule has 0 radical (unpaired) electrons. The average molecular weight is 580 g/mol. The fourth-order valence-electron chi connectivity index (χ4n) is 4.06. The Morgan fingerprint density at radius 2 is 0.938 bits per heavy atom. The van der Waals surface area contributed by atoms with Crippen LogP contribution in [0.2, 0.25) is 0 Å². The van der Waals surface area contributed by atoms with Crippen LogP contribution in [0.15, 0.2) is 0 Å². The topological polar surface area (TPSA) is 177 Å². The Morgan fingerprint density at radius 3 is 1.44 bits per heavy atom. The van der Waals surface area contributed by atoms with Crippen molar-refractivity contribution >= 4 is 22.6 Å². The number of ether oxygens (including phenoxy) is 6. The van der Waals surface area contributed by atoms with Gasteiger partial charge in [-0.25, -0.2) is 0 Å². The second-order valence-electron chi connectivity index (χ2n) is 8.46. The number of hydrogen-bond acceptors (Lipinski definition) is 12. The molecule has 3 heterocycles. The molecular formula is C19H33IO12. The SMILES string of the molecule is COC1C(OC2C(OC3C(O)C(O)C(C)O[C@H]3I)OC(C)C(O)C2O)OC(C)C(O)C1O. The average Bonchev–Trinajstić information content (AvgIpc) is 2.74. The lowest BCUT2D eigenvalue weighted by Gasteiger charge is -2.48. The molecule has 0 saturated carbocycles. The van der Waals surface area contributed by atoms with Crippen molar-refractivity contribution in [2.75, 3.05) is 7.11 Å². The van der Waals surface area contributed by atoms with E-state index in [4.69, 9.17) is 28.4 Å². The maximum Gasteiger partial charge on any atom is 0.187 e. The van der Waals surface area contributed by atoms with Crippen LogP contribution < -0.4 is 0 Å². The molecule has 6 N–H and O–H groups in total. The van der Waals surface area contributed by atoms with E-state index in [0.717, 1.165) is 0 Å². The lowest BCUT2D eigenvalue weighted by atomic mass is 9.97. The van der Waals surface area contributed by atoms with Gasteiger partial charge in [0.2, 0.25) is 0 Å². The van der Waals surface area contributed by atoms with E-state index in [2.05, 4.69) is 0 Å². The van der Waals surface area contributed by atoms with E-state index in [1.54, 1.807) is 6.92 Å². The summed E-state index contributed by atoms with van der Waals surface area (Å²) in [6.07, 6.45) is -16.2. The molecular weight excluding hydrogens is 547 g/mol.